The zero-order valence-electron chi connectivity index (χ0n) is 8.49. The van der Waals surface area contributed by atoms with Gasteiger partial charge in [-0.3, -0.25) is 0 Å². The molecule has 1 fully saturated rings. The third-order valence-corrected chi connectivity index (χ3v) is 4.85. The number of halogens is 2. The second kappa shape index (κ2) is 4.43. The molecule has 1 aliphatic heterocycles. The zero-order chi connectivity index (χ0) is 11.8. The highest BCUT2D eigenvalue weighted by molar-refractivity contribution is 9.10. The lowest BCUT2D eigenvalue weighted by molar-refractivity contribution is 0.438. The number of benzene rings is 1. The molecule has 88 valence electrons. The van der Waals surface area contributed by atoms with Crippen LogP contribution in [0, 0.1) is 5.82 Å². The molecule has 0 bridgehead atoms. The third-order valence-electron chi connectivity index (χ3n) is 2.48. The molecule has 0 amide bonds. The number of nitrogens with zero attached hydrogens (tertiary/aromatic N) is 1. The van der Waals surface area contributed by atoms with Crippen molar-refractivity contribution in [3.8, 4) is 0 Å². The molecule has 1 aliphatic rings. The molecule has 3 nitrogen and oxygen atoms in total. The molecule has 0 spiro atoms. The molecule has 0 atom stereocenters. The molecule has 1 saturated heterocycles. The Morgan fingerprint density at radius 1 is 1.38 bits per heavy atom. The van der Waals surface area contributed by atoms with Gasteiger partial charge in [0.25, 0.3) is 0 Å². The maximum atomic E-state index is 13.1. The average molecular weight is 308 g/mol. The Hall–Kier alpha value is -0.460. The Balaban J connectivity index is 2.21. The highest BCUT2D eigenvalue weighted by atomic mass is 79.9. The van der Waals surface area contributed by atoms with Crippen molar-refractivity contribution in [3.05, 3.63) is 34.1 Å². The Morgan fingerprint density at radius 3 is 2.69 bits per heavy atom. The lowest BCUT2D eigenvalue weighted by atomic mass is 10.2. The monoisotopic (exact) mass is 307 g/mol. The zero-order valence-corrected chi connectivity index (χ0v) is 10.9. The molecular weight excluding hydrogens is 297 g/mol. The molecule has 1 aromatic carbocycles. The minimum absolute atomic E-state index is 0.198. The highest BCUT2D eigenvalue weighted by Gasteiger charge is 2.28. The number of rotatable bonds is 2. The van der Waals surface area contributed by atoms with E-state index in [1.54, 1.807) is 6.07 Å². The summed E-state index contributed by atoms with van der Waals surface area (Å²) in [5, 5.41) is 0. The van der Waals surface area contributed by atoms with Crippen molar-refractivity contribution in [2.75, 3.05) is 12.3 Å². The molecule has 0 saturated carbocycles. The Bertz CT molecular complexity index is 483. The van der Waals surface area contributed by atoms with Crippen molar-refractivity contribution in [3.63, 3.8) is 0 Å². The summed E-state index contributed by atoms with van der Waals surface area (Å²) in [6.07, 6.45) is 0.652. The van der Waals surface area contributed by atoms with Gasteiger partial charge in [0.1, 0.15) is 5.82 Å². The van der Waals surface area contributed by atoms with Crippen LogP contribution in [0.1, 0.15) is 12.0 Å². The van der Waals surface area contributed by atoms with Crippen molar-refractivity contribution in [1.29, 1.82) is 0 Å². The van der Waals surface area contributed by atoms with Crippen LogP contribution in [-0.4, -0.2) is 25.0 Å². The molecular formula is C10H11BrFNO2S. The van der Waals surface area contributed by atoms with E-state index in [9.17, 15) is 12.8 Å². The van der Waals surface area contributed by atoms with Gasteiger partial charge in [-0.2, -0.15) is 4.31 Å². The van der Waals surface area contributed by atoms with Crippen LogP contribution in [0.5, 0.6) is 0 Å². The highest BCUT2D eigenvalue weighted by Crippen LogP contribution is 2.20. The summed E-state index contributed by atoms with van der Waals surface area (Å²) in [6.45, 7) is 0.773. The number of sulfonamides is 1. The minimum Gasteiger partial charge on any atom is -0.212 e. The lowest BCUT2D eigenvalue weighted by Crippen LogP contribution is -2.25. The first-order chi connectivity index (χ1) is 7.47. The van der Waals surface area contributed by atoms with E-state index in [0.717, 1.165) is 0 Å². The average Bonchev–Trinajstić information content (AvgIpc) is 2.44. The topological polar surface area (TPSA) is 37.4 Å². The van der Waals surface area contributed by atoms with E-state index in [4.69, 9.17) is 0 Å². The predicted molar refractivity (Wildman–Crippen MR) is 62.9 cm³/mol. The van der Waals surface area contributed by atoms with E-state index in [1.165, 1.54) is 16.4 Å². The van der Waals surface area contributed by atoms with E-state index >= 15 is 0 Å². The van der Waals surface area contributed by atoms with Crippen LogP contribution in [0.3, 0.4) is 0 Å². The van der Waals surface area contributed by atoms with E-state index in [0.29, 0.717) is 23.0 Å². The van der Waals surface area contributed by atoms with E-state index in [1.807, 2.05) is 0 Å². The molecule has 2 rings (SSSR count). The van der Waals surface area contributed by atoms with Crippen LogP contribution >= 0.6 is 15.9 Å². The van der Waals surface area contributed by atoms with Gasteiger partial charge < -0.3 is 0 Å². The van der Waals surface area contributed by atoms with Gasteiger partial charge in [-0.1, -0.05) is 15.9 Å². The number of hydrogen-bond donors (Lipinski definition) is 0. The van der Waals surface area contributed by atoms with E-state index in [-0.39, 0.29) is 18.1 Å². The van der Waals surface area contributed by atoms with Gasteiger partial charge in [0.05, 0.1) is 5.75 Å². The Kier molecular flexibility index (Phi) is 3.32. The Morgan fingerprint density at radius 2 is 2.12 bits per heavy atom. The van der Waals surface area contributed by atoms with Crippen LogP contribution in [-0.2, 0) is 16.6 Å². The van der Waals surface area contributed by atoms with Gasteiger partial charge in [-0.15, -0.1) is 0 Å². The quantitative estimate of drug-likeness (QED) is 0.839. The molecule has 0 N–H and O–H groups in total. The maximum Gasteiger partial charge on any atom is 0.214 e. The van der Waals surface area contributed by atoms with Crippen LogP contribution in [0.4, 0.5) is 4.39 Å². The lowest BCUT2D eigenvalue weighted by Gasteiger charge is -2.14. The smallest absolute Gasteiger partial charge is 0.212 e. The van der Waals surface area contributed by atoms with Crippen molar-refractivity contribution in [2.24, 2.45) is 0 Å². The summed E-state index contributed by atoms with van der Waals surface area (Å²) < 4.78 is 38.2. The number of hydrogen-bond acceptors (Lipinski definition) is 2. The summed E-state index contributed by atoms with van der Waals surface area (Å²) >= 11 is 3.18. The third kappa shape index (κ3) is 2.61. The molecule has 1 heterocycles. The van der Waals surface area contributed by atoms with Gasteiger partial charge in [0.15, 0.2) is 0 Å². The standard InChI is InChI=1S/C10H11BrFNO2S/c11-9-4-8(5-10(12)6-9)7-13-2-1-3-16(13,14)15/h4-6H,1-3,7H2. The molecule has 16 heavy (non-hydrogen) atoms. The van der Waals surface area contributed by atoms with Gasteiger partial charge in [-0.05, 0) is 30.2 Å². The first-order valence-electron chi connectivity index (χ1n) is 4.90. The van der Waals surface area contributed by atoms with E-state index in [2.05, 4.69) is 15.9 Å². The van der Waals surface area contributed by atoms with Crippen LogP contribution in [0.15, 0.2) is 22.7 Å². The predicted octanol–water partition coefficient (Wildman–Crippen LogP) is 2.12. The molecule has 6 heteroatoms. The van der Waals surface area contributed by atoms with Gasteiger partial charge in [-0.25, -0.2) is 12.8 Å². The SMILES string of the molecule is O=S1(=O)CCCN1Cc1cc(F)cc(Br)c1. The fraction of sp³-hybridized carbons (Fsp3) is 0.400. The molecule has 0 aromatic heterocycles. The van der Waals surface area contributed by atoms with Crippen LogP contribution in [0.25, 0.3) is 0 Å². The fourth-order valence-electron chi connectivity index (χ4n) is 1.77. The van der Waals surface area contributed by atoms with Crippen LogP contribution < -0.4 is 0 Å². The second-order valence-electron chi connectivity index (χ2n) is 3.78. The summed E-state index contributed by atoms with van der Waals surface area (Å²) in [4.78, 5) is 0. The minimum atomic E-state index is -3.12. The molecule has 0 aliphatic carbocycles. The fourth-order valence-corrected chi connectivity index (χ4v) is 3.79. The summed E-state index contributed by atoms with van der Waals surface area (Å²) in [5.74, 6) is -0.162. The van der Waals surface area contributed by atoms with Crippen molar-refractivity contribution in [2.45, 2.75) is 13.0 Å². The first kappa shape index (κ1) is 12.0. The summed E-state index contributed by atoms with van der Waals surface area (Å²) in [6, 6.07) is 4.44. The molecule has 0 unspecified atom stereocenters. The normalized spacial score (nSPS) is 20.1. The Labute approximate surface area is 102 Å². The van der Waals surface area contributed by atoms with E-state index < -0.39 is 10.0 Å². The maximum absolute atomic E-state index is 13.1. The summed E-state index contributed by atoms with van der Waals surface area (Å²) in [7, 11) is -3.12. The largest absolute Gasteiger partial charge is 0.214 e. The van der Waals surface area contributed by atoms with Crippen molar-refractivity contribution < 1.29 is 12.8 Å². The van der Waals surface area contributed by atoms with Crippen molar-refractivity contribution in [1.82, 2.24) is 4.31 Å². The van der Waals surface area contributed by atoms with Gasteiger partial charge >= 0.3 is 0 Å². The van der Waals surface area contributed by atoms with Gasteiger partial charge in [0.2, 0.25) is 10.0 Å². The van der Waals surface area contributed by atoms with Crippen molar-refractivity contribution >= 4 is 26.0 Å². The first-order valence-corrected chi connectivity index (χ1v) is 7.30. The molecule has 0 radical (unpaired) electrons. The summed E-state index contributed by atoms with van der Waals surface area (Å²) in [5.41, 5.74) is 0.664. The van der Waals surface area contributed by atoms with Crippen LogP contribution in [0.2, 0.25) is 0 Å². The van der Waals surface area contributed by atoms with Gasteiger partial charge in [0, 0.05) is 17.6 Å². The molecule has 1 aromatic rings. The second-order valence-corrected chi connectivity index (χ2v) is 6.78.